The van der Waals surface area contributed by atoms with Crippen LogP contribution in [0.15, 0.2) is 24.8 Å². The third-order valence-corrected chi connectivity index (χ3v) is 1.70. The largest absolute Gasteiger partial charge is 0.330 e. The van der Waals surface area contributed by atoms with Crippen molar-refractivity contribution in [3.63, 3.8) is 0 Å². The quantitative estimate of drug-likeness (QED) is 0.580. The molecule has 0 aliphatic heterocycles. The maximum absolute atomic E-state index is 5.52. The number of allylic oxidation sites excluding steroid dienone is 1. The van der Waals surface area contributed by atoms with Crippen LogP contribution in [-0.4, -0.2) is 6.54 Å². The summed E-state index contributed by atoms with van der Waals surface area (Å²) in [6.07, 6.45) is 4.05. The van der Waals surface area contributed by atoms with Crippen LogP contribution in [0.3, 0.4) is 0 Å². The molecule has 0 aromatic carbocycles. The van der Waals surface area contributed by atoms with E-state index in [1.807, 2.05) is 13.0 Å². The lowest BCUT2D eigenvalue weighted by atomic mass is 9.97. The molecule has 0 saturated heterocycles. The lowest BCUT2D eigenvalue weighted by molar-refractivity contribution is 0.579. The lowest BCUT2D eigenvalue weighted by Crippen LogP contribution is -2.14. The van der Waals surface area contributed by atoms with Crippen LogP contribution >= 0.6 is 0 Å². The van der Waals surface area contributed by atoms with Crippen LogP contribution in [0.1, 0.15) is 19.8 Å². The maximum Gasteiger partial charge on any atom is -0.00116 e. The minimum absolute atomic E-state index is 0.484. The Kier molecular flexibility index (Phi) is 4.95. The Labute approximate surface area is 63.6 Å². The summed E-state index contributed by atoms with van der Waals surface area (Å²) in [5, 5.41) is 0. The van der Waals surface area contributed by atoms with Crippen LogP contribution < -0.4 is 5.73 Å². The van der Waals surface area contributed by atoms with Gasteiger partial charge in [0.15, 0.2) is 0 Å². The molecule has 0 radical (unpaired) electrons. The highest BCUT2D eigenvalue weighted by molar-refractivity contribution is 4.97. The van der Waals surface area contributed by atoms with E-state index in [2.05, 4.69) is 13.2 Å². The second kappa shape index (κ2) is 5.24. The van der Waals surface area contributed by atoms with Crippen molar-refractivity contribution in [1.29, 1.82) is 0 Å². The molecule has 0 aliphatic carbocycles. The molecular formula is C9H17N. The van der Waals surface area contributed by atoms with Crippen molar-refractivity contribution >= 4 is 0 Å². The van der Waals surface area contributed by atoms with E-state index in [9.17, 15) is 0 Å². The summed E-state index contributed by atoms with van der Waals surface area (Å²) in [5.74, 6) is 0.484. The van der Waals surface area contributed by atoms with Crippen molar-refractivity contribution in [3.8, 4) is 0 Å². The van der Waals surface area contributed by atoms with Gasteiger partial charge in [-0.15, -0.1) is 6.58 Å². The first-order valence-electron chi connectivity index (χ1n) is 3.68. The summed E-state index contributed by atoms with van der Waals surface area (Å²) in [6.45, 7) is 10.3. The van der Waals surface area contributed by atoms with Crippen LogP contribution in [0, 0.1) is 5.92 Å². The zero-order chi connectivity index (χ0) is 7.98. The first-order valence-corrected chi connectivity index (χ1v) is 3.68. The highest BCUT2D eigenvalue weighted by atomic mass is 14.5. The molecule has 1 atom stereocenters. The summed E-state index contributed by atoms with van der Waals surface area (Å²) >= 11 is 0. The summed E-state index contributed by atoms with van der Waals surface area (Å²) in [7, 11) is 0. The summed E-state index contributed by atoms with van der Waals surface area (Å²) in [6, 6.07) is 0. The monoisotopic (exact) mass is 139 g/mol. The van der Waals surface area contributed by atoms with E-state index in [0.29, 0.717) is 12.5 Å². The minimum Gasteiger partial charge on any atom is -0.330 e. The van der Waals surface area contributed by atoms with Crippen LogP contribution in [-0.2, 0) is 0 Å². The fourth-order valence-electron chi connectivity index (χ4n) is 0.884. The van der Waals surface area contributed by atoms with Gasteiger partial charge in [0.25, 0.3) is 0 Å². The Bertz CT molecular complexity index is 116. The predicted molar refractivity (Wildman–Crippen MR) is 46.8 cm³/mol. The minimum atomic E-state index is 0.484. The zero-order valence-electron chi connectivity index (χ0n) is 6.77. The SMILES string of the molecule is C=CCCC(CN)C(=C)C. The second-order valence-electron chi connectivity index (χ2n) is 2.65. The van der Waals surface area contributed by atoms with E-state index in [1.165, 1.54) is 5.57 Å². The van der Waals surface area contributed by atoms with Crippen molar-refractivity contribution in [3.05, 3.63) is 24.8 Å². The van der Waals surface area contributed by atoms with Gasteiger partial charge in [-0.25, -0.2) is 0 Å². The summed E-state index contributed by atoms with van der Waals surface area (Å²) in [4.78, 5) is 0. The van der Waals surface area contributed by atoms with Gasteiger partial charge in [-0.05, 0) is 32.2 Å². The molecule has 0 aromatic rings. The standard InChI is InChI=1S/C9H17N/c1-4-5-6-9(7-10)8(2)3/h4,9H,1-2,5-7,10H2,3H3. The maximum atomic E-state index is 5.52. The third kappa shape index (κ3) is 3.46. The molecule has 1 nitrogen and oxygen atoms in total. The molecule has 0 fully saturated rings. The van der Waals surface area contributed by atoms with Crippen molar-refractivity contribution in [2.75, 3.05) is 6.54 Å². The van der Waals surface area contributed by atoms with Crippen molar-refractivity contribution in [2.45, 2.75) is 19.8 Å². The highest BCUT2D eigenvalue weighted by Gasteiger charge is 2.04. The van der Waals surface area contributed by atoms with E-state index < -0.39 is 0 Å². The molecule has 0 amide bonds. The molecule has 0 aromatic heterocycles. The number of rotatable bonds is 5. The van der Waals surface area contributed by atoms with Gasteiger partial charge in [-0.3, -0.25) is 0 Å². The molecule has 1 unspecified atom stereocenters. The topological polar surface area (TPSA) is 26.0 Å². The number of nitrogens with two attached hydrogens (primary N) is 1. The number of hydrogen-bond donors (Lipinski definition) is 1. The van der Waals surface area contributed by atoms with E-state index in [-0.39, 0.29) is 0 Å². The second-order valence-corrected chi connectivity index (χ2v) is 2.65. The van der Waals surface area contributed by atoms with Crippen LogP contribution in [0.25, 0.3) is 0 Å². The molecule has 10 heavy (non-hydrogen) atoms. The Balaban J connectivity index is 3.60. The fourth-order valence-corrected chi connectivity index (χ4v) is 0.884. The van der Waals surface area contributed by atoms with E-state index in [0.717, 1.165) is 12.8 Å². The Morgan fingerprint density at radius 3 is 2.60 bits per heavy atom. The van der Waals surface area contributed by atoms with Gasteiger partial charge in [-0.2, -0.15) is 0 Å². The highest BCUT2D eigenvalue weighted by Crippen LogP contribution is 2.13. The zero-order valence-corrected chi connectivity index (χ0v) is 6.77. The Morgan fingerprint density at radius 1 is 1.70 bits per heavy atom. The van der Waals surface area contributed by atoms with Crippen molar-refractivity contribution < 1.29 is 0 Å². The molecule has 0 rings (SSSR count). The number of hydrogen-bond acceptors (Lipinski definition) is 1. The Hall–Kier alpha value is -0.560. The van der Waals surface area contributed by atoms with Gasteiger partial charge in [0.1, 0.15) is 0 Å². The average molecular weight is 139 g/mol. The lowest BCUT2D eigenvalue weighted by Gasteiger charge is -2.12. The van der Waals surface area contributed by atoms with Crippen LogP contribution in [0.4, 0.5) is 0 Å². The molecule has 0 bridgehead atoms. The normalized spacial score (nSPS) is 12.6. The van der Waals surface area contributed by atoms with Gasteiger partial charge >= 0.3 is 0 Å². The van der Waals surface area contributed by atoms with Gasteiger partial charge in [0.05, 0.1) is 0 Å². The van der Waals surface area contributed by atoms with Crippen LogP contribution in [0.5, 0.6) is 0 Å². The average Bonchev–Trinajstić information content (AvgIpc) is 1.89. The molecule has 0 spiro atoms. The van der Waals surface area contributed by atoms with Gasteiger partial charge in [0.2, 0.25) is 0 Å². The van der Waals surface area contributed by atoms with E-state index in [4.69, 9.17) is 5.73 Å². The summed E-state index contributed by atoms with van der Waals surface area (Å²) in [5.41, 5.74) is 6.70. The predicted octanol–water partition coefficient (Wildman–Crippen LogP) is 2.10. The molecule has 58 valence electrons. The smallest absolute Gasteiger partial charge is 0.00116 e. The third-order valence-electron chi connectivity index (χ3n) is 1.70. The van der Waals surface area contributed by atoms with Gasteiger partial charge in [-0.1, -0.05) is 18.2 Å². The first-order chi connectivity index (χ1) is 4.72. The van der Waals surface area contributed by atoms with Gasteiger partial charge in [0, 0.05) is 0 Å². The van der Waals surface area contributed by atoms with Crippen LogP contribution in [0.2, 0.25) is 0 Å². The first kappa shape index (κ1) is 9.44. The van der Waals surface area contributed by atoms with Crippen molar-refractivity contribution in [1.82, 2.24) is 0 Å². The molecule has 0 heterocycles. The molecule has 1 heteroatoms. The Morgan fingerprint density at radius 2 is 2.30 bits per heavy atom. The molecule has 0 saturated carbocycles. The molecule has 0 aliphatic rings. The van der Waals surface area contributed by atoms with E-state index >= 15 is 0 Å². The van der Waals surface area contributed by atoms with Gasteiger partial charge < -0.3 is 5.73 Å². The van der Waals surface area contributed by atoms with E-state index in [1.54, 1.807) is 0 Å². The summed E-state index contributed by atoms with van der Waals surface area (Å²) < 4.78 is 0. The molecule has 2 N–H and O–H groups in total. The van der Waals surface area contributed by atoms with Crippen molar-refractivity contribution in [2.24, 2.45) is 11.7 Å². The fraction of sp³-hybridized carbons (Fsp3) is 0.556. The molecular weight excluding hydrogens is 122 g/mol.